The highest BCUT2D eigenvalue weighted by molar-refractivity contribution is 5.88. The smallest absolute Gasteiger partial charge is 0.421 e. The molecule has 1 aromatic heterocycles. The Hall–Kier alpha value is -5.09. The summed E-state index contributed by atoms with van der Waals surface area (Å²) in [5.41, 5.74) is 3.16. The second-order valence-electron chi connectivity index (χ2n) is 11.7. The van der Waals surface area contributed by atoms with Crippen molar-refractivity contribution in [3.05, 3.63) is 102 Å². The van der Waals surface area contributed by atoms with Crippen LogP contribution in [0.5, 0.6) is 23.0 Å². The van der Waals surface area contributed by atoms with Crippen LogP contribution in [0.25, 0.3) is 0 Å². The van der Waals surface area contributed by atoms with Gasteiger partial charge in [-0.3, -0.25) is 4.90 Å². The number of hydrogen-bond donors (Lipinski definition) is 1. The number of likely N-dealkylation sites (tertiary alicyclic amines) is 1. The first-order valence-corrected chi connectivity index (χ1v) is 16.4. The SMILES string of the molecule is C=CCc1cccc(C)c1OC(=O)N(Cc1cc(OC)ccc1OC)c1ccnc(Nc2cccc(OCCCN3CCCCC3)c2)n1. The van der Waals surface area contributed by atoms with Crippen molar-refractivity contribution >= 4 is 23.5 Å². The molecule has 2 heterocycles. The number of nitrogens with one attached hydrogen (secondary N) is 1. The van der Waals surface area contributed by atoms with Gasteiger partial charge in [-0.15, -0.1) is 6.58 Å². The van der Waals surface area contributed by atoms with E-state index in [9.17, 15) is 4.79 Å². The Labute approximate surface area is 283 Å². The summed E-state index contributed by atoms with van der Waals surface area (Å²) in [6.45, 7) is 9.92. The summed E-state index contributed by atoms with van der Waals surface area (Å²) in [4.78, 5) is 27.2. The third-order valence-electron chi connectivity index (χ3n) is 8.23. The third kappa shape index (κ3) is 9.25. The molecule has 0 bridgehead atoms. The van der Waals surface area contributed by atoms with E-state index < -0.39 is 6.09 Å². The molecule has 0 atom stereocenters. The minimum Gasteiger partial charge on any atom is -0.497 e. The molecule has 1 aliphatic heterocycles. The van der Waals surface area contributed by atoms with Crippen LogP contribution in [0.3, 0.4) is 0 Å². The van der Waals surface area contributed by atoms with Gasteiger partial charge in [0.15, 0.2) is 0 Å². The fraction of sp³-hybridized carbons (Fsp3) is 0.342. The molecule has 0 spiro atoms. The molecule has 0 radical (unpaired) electrons. The molecule has 1 N–H and O–H groups in total. The Kier molecular flexibility index (Phi) is 12.3. The van der Waals surface area contributed by atoms with Gasteiger partial charge in [0.2, 0.25) is 5.95 Å². The van der Waals surface area contributed by atoms with Crippen LogP contribution in [0.1, 0.15) is 42.4 Å². The van der Waals surface area contributed by atoms with Gasteiger partial charge in [-0.2, -0.15) is 4.98 Å². The summed E-state index contributed by atoms with van der Waals surface area (Å²) in [6.07, 6.45) is 8.22. The average molecular weight is 652 g/mol. The average Bonchev–Trinajstić information content (AvgIpc) is 3.11. The molecule has 1 aliphatic rings. The van der Waals surface area contributed by atoms with Gasteiger partial charge in [-0.05, 0) is 93.2 Å². The summed E-state index contributed by atoms with van der Waals surface area (Å²) >= 11 is 0. The van der Waals surface area contributed by atoms with E-state index in [1.807, 2.05) is 55.5 Å². The van der Waals surface area contributed by atoms with Gasteiger partial charge in [-0.25, -0.2) is 9.78 Å². The van der Waals surface area contributed by atoms with Crippen molar-refractivity contribution in [3.63, 3.8) is 0 Å². The number of ether oxygens (including phenoxy) is 4. The first-order chi connectivity index (χ1) is 23.5. The van der Waals surface area contributed by atoms with Crippen LogP contribution in [-0.2, 0) is 13.0 Å². The largest absolute Gasteiger partial charge is 0.497 e. The normalized spacial score (nSPS) is 13.0. The second-order valence-corrected chi connectivity index (χ2v) is 11.7. The van der Waals surface area contributed by atoms with Gasteiger partial charge in [-0.1, -0.05) is 36.8 Å². The fourth-order valence-electron chi connectivity index (χ4n) is 5.75. The summed E-state index contributed by atoms with van der Waals surface area (Å²) in [7, 11) is 3.18. The minimum absolute atomic E-state index is 0.0963. The van der Waals surface area contributed by atoms with Crippen molar-refractivity contribution in [2.75, 3.05) is 50.7 Å². The molecule has 10 heteroatoms. The number of carbonyl (C=O) groups is 1. The second kappa shape index (κ2) is 17.2. The van der Waals surface area contributed by atoms with E-state index in [0.29, 0.717) is 47.6 Å². The molecule has 1 amide bonds. The Balaban J connectivity index is 1.36. The number of rotatable bonds is 15. The number of anilines is 3. The minimum atomic E-state index is -0.607. The van der Waals surface area contributed by atoms with Crippen LogP contribution in [0.15, 0.2) is 85.6 Å². The quantitative estimate of drug-likeness (QED) is 0.102. The van der Waals surface area contributed by atoms with E-state index >= 15 is 0 Å². The van der Waals surface area contributed by atoms with Crippen molar-refractivity contribution in [2.24, 2.45) is 0 Å². The molecule has 5 rings (SSSR count). The standard InChI is InChI=1S/C38H45N5O5/c1-5-12-29-14-9-13-28(2)36(29)48-38(44)43(27-30-25-32(45-3)17-18-34(30)46-4)35-19-20-39-37(41-35)40-31-15-10-16-33(26-31)47-24-11-23-42-21-7-6-8-22-42/h5,9-10,13-20,25-26H,1,6-8,11-12,21-24,27H2,2-4H3,(H,39,40,41). The van der Waals surface area contributed by atoms with E-state index in [4.69, 9.17) is 23.9 Å². The molecule has 3 aromatic carbocycles. The fourth-order valence-corrected chi connectivity index (χ4v) is 5.75. The van der Waals surface area contributed by atoms with E-state index in [1.165, 1.54) is 37.3 Å². The maximum atomic E-state index is 14.0. The molecule has 10 nitrogen and oxygen atoms in total. The zero-order valence-electron chi connectivity index (χ0n) is 28.1. The van der Waals surface area contributed by atoms with Gasteiger partial charge >= 0.3 is 6.09 Å². The Morgan fingerprint density at radius 2 is 1.81 bits per heavy atom. The van der Waals surface area contributed by atoms with Crippen molar-refractivity contribution < 1.29 is 23.7 Å². The third-order valence-corrected chi connectivity index (χ3v) is 8.23. The summed E-state index contributed by atoms with van der Waals surface area (Å²) in [5, 5.41) is 3.26. The van der Waals surface area contributed by atoms with Crippen LogP contribution in [0.4, 0.5) is 22.2 Å². The van der Waals surface area contributed by atoms with Gasteiger partial charge < -0.3 is 29.2 Å². The number of methoxy groups -OCH3 is 2. The number of hydrogen-bond acceptors (Lipinski definition) is 9. The number of nitrogens with zero attached hydrogens (tertiary/aromatic N) is 4. The zero-order chi connectivity index (χ0) is 33.7. The molecule has 48 heavy (non-hydrogen) atoms. The molecule has 1 saturated heterocycles. The van der Waals surface area contributed by atoms with E-state index in [2.05, 4.69) is 21.8 Å². The Morgan fingerprint density at radius 1 is 0.979 bits per heavy atom. The number of amides is 1. The predicted molar refractivity (Wildman–Crippen MR) is 189 cm³/mol. The van der Waals surface area contributed by atoms with Crippen molar-refractivity contribution in [1.82, 2.24) is 14.9 Å². The van der Waals surface area contributed by atoms with Crippen molar-refractivity contribution in [3.8, 4) is 23.0 Å². The van der Waals surface area contributed by atoms with Crippen LogP contribution in [0.2, 0.25) is 0 Å². The lowest BCUT2D eigenvalue weighted by molar-refractivity contribution is 0.205. The van der Waals surface area contributed by atoms with Gasteiger partial charge in [0.25, 0.3) is 0 Å². The number of carbonyl (C=O) groups excluding carboxylic acids is 1. The van der Waals surface area contributed by atoms with Gasteiger partial charge in [0.1, 0.15) is 28.8 Å². The van der Waals surface area contributed by atoms with Crippen LogP contribution >= 0.6 is 0 Å². The maximum absolute atomic E-state index is 14.0. The number of benzene rings is 3. The monoisotopic (exact) mass is 651 g/mol. The number of piperidine rings is 1. The van der Waals surface area contributed by atoms with Crippen molar-refractivity contribution in [2.45, 2.75) is 45.6 Å². The lowest BCUT2D eigenvalue weighted by Gasteiger charge is -2.26. The van der Waals surface area contributed by atoms with E-state index in [1.54, 1.807) is 44.7 Å². The molecule has 4 aromatic rings. The highest BCUT2D eigenvalue weighted by atomic mass is 16.6. The summed E-state index contributed by atoms with van der Waals surface area (Å²) in [5.74, 6) is 3.13. The first-order valence-electron chi connectivity index (χ1n) is 16.4. The highest BCUT2D eigenvalue weighted by Gasteiger charge is 2.24. The lowest BCUT2D eigenvalue weighted by atomic mass is 10.1. The molecular formula is C38H45N5O5. The maximum Gasteiger partial charge on any atom is 0.421 e. The Bertz CT molecular complexity index is 1670. The number of para-hydroxylation sites is 1. The molecule has 252 valence electrons. The van der Waals surface area contributed by atoms with Gasteiger partial charge in [0.05, 0.1) is 27.4 Å². The lowest BCUT2D eigenvalue weighted by Crippen LogP contribution is -2.34. The summed E-state index contributed by atoms with van der Waals surface area (Å²) in [6, 6.07) is 20.6. The topological polar surface area (TPSA) is 98.3 Å². The molecule has 1 fully saturated rings. The van der Waals surface area contributed by atoms with Crippen LogP contribution < -0.4 is 29.2 Å². The van der Waals surface area contributed by atoms with E-state index in [0.717, 1.165) is 35.5 Å². The Morgan fingerprint density at radius 3 is 2.60 bits per heavy atom. The first kappa shape index (κ1) is 34.3. The highest BCUT2D eigenvalue weighted by Crippen LogP contribution is 2.30. The molecule has 0 unspecified atom stereocenters. The van der Waals surface area contributed by atoms with Crippen molar-refractivity contribution in [1.29, 1.82) is 0 Å². The molecule has 0 aliphatic carbocycles. The number of aryl methyl sites for hydroxylation is 1. The molecule has 0 saturated carbocycles. The predicted octanol–water partition coefficient (Wildman–Crippen LogP) is 7.73. The van der Waals surface area contributed by atoms with Crippen LogP contribution in [0, 0.1) is 6.92 Å². The zero-order valence-corrected chi connectivity index (χ0v) is 28.1. The van der Waals surface area contributed by atoms with Crippen LogP contribution in [-0.4, -0.2) is 61.4 Å². The van der Waals surface area contributed by atoms with E-state index in [-0.39, 0.29) is 6.54 Å². The molecular weight excluding hydrogens is 606 g/mol. The number of allylic oxidation sites excluding steroid dienone is 1. The summed E-state index contributed by atoms with van der Waals surface area (Å²) < 4.78 is 23.2. The van der Waals surface area contributed by atoms with Gasteiger partial charge in [0, 0.05) is 30.1 Å². The number of aromatic nitrogens is 2.